The average Bonchev–Trinajstić information content (AvgIpc) is 4.14. The number of fused-ring (bicyclic) bond motifs is 3. The molecule has 362 valence electrons. The van der Waals surface area contributed by atoms with E-state index < -0.39 is 108 Å². The van der Waals surface area contributed by atoms with Crippen LogP contribution in [0.5, 0.6) is 0 Å². The topological polar surface area (TPSA) is 439 Å². The van der Waals surface area contributed by atoms with Crippen molar-refractivity contribution >= 4 is 66.7 Å². The zero-order valence-electron chi connectivity index (χ0n) is 35.2. The Morgan fingerprint density at radius 1 is 0.791 bits per heavy atom. The number of anilines is 3. The summed E-state index contributed by atoms with van der Waals surface area (Å²) >= 11 is 0. The van der Waals surface area contributed by atoms with Crippen LogP contribution in [0.1, 0.15) is 18.0 Å². The van der Waals surface area contributed by atoms with Crippen LogP contribution in [0.2, 0.25) is 0 Å². The molecule has 9 rings (SSSR count). The smallest absolute Gasteiger partial charge is 0.394 e. The number of aliphatic hydroxyl groups excluding tert-OH is 2. The second-order valence-electron chi connectivity index (χ2n) is 15.7. The summed E-state index contributed by atoms with van der Waals surface area (Å²) in [5.74, 6) is -1.11. The molecule has 3 aliphatic rings. The molecule has 6 aromatic heterocycles. The molecule has 0 aliphatic carbocycles. The lowest BCUT2D eigenvalue weighted by Crippen LogP contribution is -2.37. The van der Waals surface area contributed by atoms with Crippen LogP contribution in [0.15, 0.2) is 34.8 Å². The third kappa shape index (κ3) is 9.07. The van der Waals surface area contributed by atoms with Crippen LogP contribution in [0.4, 0.5) is 17.7 Å². The molecule has 0 saturated carbocycles. The van der Waals surface area contributed by atoms with Crippen molar-refractivity contribution in [2.45, 2.75) is 61.7 Å². The predicted octanol–water partition coefficient (Wildman–Crippen LogP) is -2.41. The summed E-state index contributed by atoms with van der Waals surface area (Å²) in [4.78, 5) is 81.3. The molecule has 0 radical (unpaired) electrons. The van der Waals surface area contributed by atoms with E-state index in [4.69, 9.17) is 54.2 Å². The van der Waals surface area contributed by atoms with Crippen LogP contribution in [0, 0.1) is 5.92 Å². The first kappa shape index (κ1) is 46.8. The summed E-state index contributed by atoms with van der Waals surface area (Å²) in [6.45, 7) is -1.78. The predicted molar refractivity (Wildman–Crippen MR) is 226 cm³/mol. The highest BCUT2D eigenvalue weighted by molar-refractivity contribution is 7.47. The van der Waals surface area contributed by atoms with Gasteiger partial charge in [-0.1, -0.05) is 0 Å². The quantitative estimate of drug-likeness (QED) is 0.0425. The van der Waals surface area contributed by atoms with Gasteiger partial charge in [0.15, 0.2) is 40.6 Å². The Bertz CT molecular complexity index is 3000. The fourth-order valence-corrected chi connectivity index (χ4v) is 10.5. The molecule has 3 aliphatic heterocycles. The molecule has 9 heterocycles. The molecule has 0 aromatic carbocycles. The molecule has 12 atom stereocenters. The molecule has 0 amide bonds. The minimum absolute atomic E-state index is 0.000460. The average molecular weight is 982 g/mol. The summed E-state index contributed by atoms with van der Waals surface area (Å²) in [5.41, 5.74) is 17.8. The molecule has 31 nitrogen and oxygen atoms in total. The van der Waals surface area contributed by atoms with Crippen LogP contribution >= 0.6 is 15.6 Å². The van der Waals surface area contributed by atoms with Gasteiger partial charge in [0.25, 0.3) is 11.1 Å². The standard InChI is InChI=1S/C34H45N15O16P2/c1-58-24-22(51)17(63-31(24)48-11-41-20-27(48)43-33(36)45-29(20)52)9-61-66(54,55)64-15-6-47(4-13-3-38-19-18(13)39-10-40-26(19)35)5-14(15)8-60-67(56,57)65-23-16(7-50)62-32(25(23)59-2)49-12-42-21-28(49)44-34(37)46-30(21)53/h3,10-12,14-17,22-25,31-32,38,50-51H,4-9H2,1-2H3,(H,54,55)(H,56,57)(H2,35,39,40)(H3,36,43,45,52)(H3,37,44,46,53)/t14-,15+,16-,17-,22-,23?,24-,25-,31-,32-/m1/s1. The first-order valence-electron chi connectivity index (χ1n) is 20.2. The molecule has 3 fully saturated rings. The largest absolute Gasteiger partial charge is 0.472 e. The molecule has 33 heteroatoms. The monoisotopic (exact) mass is 981 g/mol. The van der Waals surface area contributed by atoms with Gasteiger partial charge in [-0.2, -0.15) is 9.97 Å². The van der Waals surface area contributed by atoms with E-state index >= 15 is 0 Å². The molecule has 3 unspecified atom stereocenters. The number of nitrogens with zero attached hydrogens (tertiary/aromatic N) is 9. The summed E-state index contributed by atoms with van der Waals surface area (Å²) in [6.07, 6.45) is -5.84. The summed E-state index contributed by atoms with van der Waals surface area (Å²) in [5, 5.41) is 21.4. The van der Waals surface area contributed by atoms with Crippen molar-refractivity contribution in [3.63, 3.8) is 0 Å². The Kier molecular flexibility index (Phi) is 12.8. The van der Waals surface area contributed by atoms with E-state index in [1.54, 1.807) is 11.1 Å². The van der Waals surface area contributed by atoms with E-state index in [1.807, 2.05) is 0 Å². The van der Waals surface area contributed by atoms with Gasteiger partial charge in [-0.15, -0.1) is 0 Å². The van der Waals surface area contributed by atoms with Crippen molar-refractivity contribution < 1.29 is 66.2 Å². The van der Waals surface area contributed by atoms with Crippen LogP contribution in [0.25, 0.3) is 33.4 Å². The second kappa shape index (κ2) is 18.3. The fraction of sp³-hybridized carbons (Fsp3) is 0.529. The Labute approximate surface area is 374 Å². The summed E-state index contributed by atoms with van der Waals surface area (Å²) < 4.78 is 75.3. The molecule has 0 bridgehead atoms. The Balaban J connectivity index is 0.901. The molecule has 0 spiro atoms. The van der Waals surface area contributed by atoms with Gasteiger partial charge in [0.1, 0.15) is 48.5 Å². The highest BCUT2D eigenvalue weighted by atomic mass is 31.2. The van der Waals surface area contributed by atoms with E-state index in [-0.39, 0.29) is 59.7 Å². The van der Waals surface area contributed by atoms with Crippen molar-refractivity contribution in [3.8, 4) is 0 Å². The van der Waals surface area contributed by atoms with Crippen molar-refractivity contribution in [3.05, 3.63) is 51.4 Å². The number of aliphatic hydroxyl groups is 2. The van der Waals surface area contributed by atoms with Gasteiger partial charge in [-0.3, -0.25) is 51.7 Å². The second-order valence-corrected chi connectivity index (χ2v) is 18.6. The molecule has 6 aromatic rings. The van der Waals surface area contributed by atoms with E-state index in [9.17, 15) is 38.7 Å². The summed E-state index contributed by atoms with van der Waals surface area (Å²) in [7, 11) is -7.58. The Morgan fingerprint density at radius 3 is 2.01 bits per heavy atom. The molecular weight excluding hydrogens is 936 g/mol. The van der Waals surface area contributed by atoms with Gasteiger partial charge in [-0.25, -0.2) is 29.1 Å². The van der Waals surface area contributed by atoms with E-state index in [2.05, 4.69) is 44.9 Å². The lowest BCUT2D eigenvalue weighted by atomic mass is 10.1. The van der Waals surface area contributed by atoms with Gasteiger partial charge in [0.05, 0.1) is 44.1 Å². The van der Waals surface area contributed by atoms with E-state index in [0.717, 1.165) is 0 Å². The number of phosphoric ester groups is 2. The first-order valence-corrected chi connectivity index (χ1v) is 23.2. The fourth-order valence-electron chi connectivity index (χ4n) is 8.50. The number of imidazole rings is 2. The number of aromatic amines is 3. The van der Waals surface area contributed by atoms with Crippen molar-refractivity contribution in [2.75, 3.05) is 64.3 Å². The molecular formula is C34H45N15O16P2. The zero-order chi connectivity index (χ0) is 47.5. The first-order chi connectivity index (χ1) is 32.0. The third-order valence-corrected chi connectivity index (χ3v) is 13.6. The maximum Gasteiger partial charge on any atom is 0.472 e. The van der Waals surface area contributed by atoms with Gasteiger partial charge in [-0.05, 0) is 0 Å². The van der Waals surface area contributed by atoms with E-state index in [0.29, 0.717) is 16.6 Å². The zero-order valence-corrected chi connectivity index (χ0v) is 37.0. The van der Waals surface area contributed by atoms with Crippen LogP contribution in [-0.2, 0) is 52.7 Å². The van der Waals surface area contributed by atoms with Gasteiger partial charge in [0, 0.05) is 51.5 Å². The number of hydrogen-bond donors (Lipinski definition) is 10. The number of aromatic nitrogens is 11. The summed E-state index contributed by atoms with van der Waals surface area (Å²) in [6, 6.07) is 0. The lowest BCUT2D eigenvalue weighted by molar-refractivity contribution is -0.0595. The number of nitrogen functional groups attached to an aromatic ring is 3. The molecule has 13 N–H and O–H groups in total. The normalized spacial score (nSPS) is 28.8. The van der Waals surface area contributed by atoms with Gasteiger partial charge in [0.2, 0.25) is 11.9 Å². The third-order valence-electron chi connectivity index (χ3n) is 11.6. The van der Waals surface area contributed by atoms with Crippen LogP contribution < -0.4 is 28.3 Å². The number of H-pyrrole nitrogens is 3. The molecule has 3 saturated heterocycles. The lowest BCUT2D eigenvalue weighted by Gasteiger charge is -2.26. The Hall–Kier alpha value is -5.34. The number of ether oxygens (including phenoxy) is 4. The highest BCUT2D eigenvalue weighted by Gasteiger charge is 2.51. The minimum Gasteiger partial charge on any atom is -0.394 e. The van der Waals surface area contributed by atoms with Crippen molar-refractivity contribution in [1.82, 2.24) is 58.9 Å². The maximum absolute atomic E-state index is 13.7. The van der Waals surface area contributed by atoms with Crippen LogP contribution in [-0.4, -0.2) is 169 Å². The highest BCUT2D eigenvalue weighted by Crippen LogP contribution is 2.52. The SMILES string of the molecule is CO[C@@H]1[C@H](O)[C@@H](COP(=O)(O)O[C@H]2CN(Cc3c[nH]c4c(N)ncnc34)C[C@@H]2COP(=O)(O)OC2[C@@H](OC)[C@H](n3cnc4c(=O)[nH]c(N)nc43)O[C@@H]2CO)O[C@H]1n1cnc2c(=O)[nH]c(N)nc21. The van der Waals surface area contributed by atoms with Gasteiger partial charge >= 0.3 is 15.6 Å². The number of likely N-dealkylation sites (tertiary alicyclic amines) is 1. The van der Waals surface area contributed by atoms with Gasteiger partial charge < -0.3 is 61.1 Å². The number of rotatable bonds is 17. The minimum atomic E-state index is -5.10. The molecule has 67 heavy (non-hydrogen) atoms. The van der Waals surface area contributed by atoms with E-state index in [1.165, 1.54) is 42.3 Å². The van der Waals surface area contributed by atoms with Crippen LogP contribution in [0.3, 0.4) is 0 Å². The Morgan fingerprint density at radius 2 is 1.39 bits per heavy atom. The maximum atomic E-state index is 13.7. The number of nitrogens with two attached hydrogens (primary N) is 3. The van der Waals surface area contributed by atoms with Crippen molar-refractivity contribution in [1.29, 1.82) is 0 Å². The number of phosphoric acid groups is 2. The number of methoxy groups -OCH3 is 2. The number of hydrogen-bond acceptors (Lipinski definition) is 24. The van der Waals surface area contributed by atoms with Crippen molar-refractivity contribution in [2.24, 2.45) is 5.92 Å². The number of nitrogens with one attached hydrogen (secondary N) is 3.